The molecule has 1 saturated heterocycles. The van der Waals surface area contributed by atoms with Crippen LogP contribution < -0.4 is 9.47 Å². The molecule has 9 heteroatoms. The number of halogens is 1. The number of carbonyl (C=O) groups excluding carboxylic acids is 1. The number of rotatable bonds is 7. The summed E-state index contributed by atoms with van der Waals surface area (Å²) >= 11 is 4.73. The van der Waals surface area contributed by atoms with Gasteiger partial charge in [-0.15, -0.1) is 5.10 Å². The van der Waals surface area contributed by atoms with Crippen molar-refractivity contribution in [3.05, 3.63) is 87.1 Å². The highest BCUT2D eigenvalue weighted by atomic mass is 79.9. The van der Waals surface area contributed by atoms with Gasteiger partial charge in [0.1, 0.15) is 5.76 Å². The van der Waals surface area contributed by atoms with Gasteiger partial charge in [-0.3, -0.25) is 9.69 Å². The molecule has 2 heterocycles. The SMILES string of the molecule is COc1ccc(/C=N\N=C2\S/C(=C\c3cccc(Br)c3)C(=O)N2Cc2ccco2)cc1OC. The molecule has 33 heavy (non-hydrogen) atoms. The lowest BCUT2D eigenvalue weighted by molar-refractivity contribution is -0.122. The van der Waals surface area contributed by atoms with Crippen LogP contribution in [0.25, 0.3) is 6.08 Å². The molecule has 0 atom stereocenters. The molecule has 1 fully saturated rings. The molecule has 1 aliphatic rings. The number of benzene rings is 2. The molecule has 3 aromatic rings. The Morgan fingerprint density at radius 3 is 2.64 bits per heavy atom. The predicted molar refractivity (Wildman–Crippen MR) is 134 cm³/mol. The first-order valence-corrected chi connectivity index (χ1v) is 11.5. The van der Waals surface area contributed by atoms with E-state index in [9.17, 15) is 4.79 Å². The van der Waals surface area contributed by atoms with E-state index in [1.807, 2.05) is 42.5 Å². The Labute approximate surface area is 203 Å². The van der Waals surface area contributed by atoms with Crippen LogP contribution in [-0.4, -0.2) is 36.4 Å². The van der Waals surface area contributed by atoms with Crippen molar-refractivity contribution in [3.63, 3.8) is 0 Å². The first-order chi connectivity index (χ1) is 16.1. The molecule has 0 saturated carbocycles. The minimum atomic E-state index is -0.156. The van der Waals surface area contributed by atoms with E-state index in [0.29, 0.717) is 27.3 Å². The second kappa shape index (κ2) is 10.5. The number of amides is 1. The highest BCUT2D eigenvalue weighted by Gasteiger charge is 2.34. The quantitative estimate of drug-likeness (QED) is 0.229. The van der Waals surface area contributed by atoms with Crippen LogP contribution in [0.3, 0.4) is 0 Å². The van der Waals surface area contributed by atoms with Gasteiger partial charge in [0.25, 0.3) is 5.91 Å². The maximum atomic E-state index is 13.1. The normalized spacial score (nSPS) is 16.3. The van der Waals surface area contributed by atoms with Crippen LogP contribution in [-0.2, 0) is 11.3 Å². The van der Waals surface area contributed by atoms with E-state index in [1.54, 1.807) is 49.8 Å². The highest BCUT2D eigenvalue weighted by molar-refractivity contribution is 9.10. The molecule has 168 valence electrons. The Morgan fingerprint density at radius 2 is 1.91 bits per heavy atom. The molecule has 0 unspecified atom stereocenters. The highest BCUT2D eigenvalue weighted by Crippen LogP contribution is 2.34. The first-order valence-electron chi connectivity index (χ1n) is 9.90. The minimum absolute atomic E-state index is 0.156. The summed E-state index contributed by atoms with van der Waals surface area (Å²) in [6.45, 7) is 0.263. The van der Waals surface area contributed by atoms with E-state index in [-0.39, 0.29) is 12.5 Å². The van der Waals surface area contributed by atoms with E-state index in [4.69, 9.17) is 13.9 Å². The number of carbonyl (C=O) groups is 1. The van der Waals surface area contributed by atoms with Gasteiger partial charge in [-0.05, 0) is 71.4 Å². The van der Waals surface area contributed by atoms with Crippen LogP contribution in [0.1, 0.15) is 16.9 Å². The van der Waals surface area contributed by atoms with E-state index >= 15 is 0 Å². The smallest absolute Gasteiger partial charge is 0.267 e. The maximum absolute atomic E-state index is 13.1. The third-order valence-corrected chi connectivity index (χ3v) is 6.18. The van der Waals surface area contributed by atoms with Crippen LogP contribution in [0.5, 0.6) is 11.5 Å². The summed E-state index contributed by atoms with van der Waals surface area (Å²) in [7, 11) is 3.16. The second-order valence-electron chi connectivity index (χ2n) is 6.88. The molecule has 1 amide bonds. The number of methoxy groups -OCH3 is 2. The van der Waals surface area contributed by atoms with Crippen LogP contribution in [0.15, 0.2) is 84.9 Å². The van der Waals surface area contributed by atoms with Crippen molar-refractivity contribution in [2.75, 3.05) is 14.2 Å². The van der Waals surface area contributed by atoms with Crippen LogP contribution in [0.2, 0.25) is 0 Å². The summed E-state index contributed by atoms with van der Waals surface area (Å²) in [6, 6.07) is 16.8. The van der Waals surface area contributed by atoms with Crippen molar-refractivity contribution in [3.8, 4) is 11.5 Å². The Morgan fingerprint density at radius 1 is 1.06 bits per heavy atom. The summed E-state index contributed by atoms with van der Waals surface area (Å²) < 4.78 is 17.0. The molecule has 0 radical (unpaired) electrons. The average Bonchev–Trinajstić information content (AvgIpc) is 3.43. The molecule has 1 aromatic heterocycles. The summed E-state index contributed by atoms with van der Waals surface area (Å²) in [6.07, 6.45) is 5.02. The largest absolute Gasteiger partial charge is 0.493 e. The number of nitrogens with zero attached hydrogens (tertiary/aromatic N) is 3. The maximum Gasteiger partial charge on any atom is 0.267 e. The third-order valence-electron chi connectivity index (χ3n) is 4.69. The molecule has 4 rings (SSSR count). The van der Waals surface area contributed by atoms with Gasteiger partial charge < -0.3 is 13.9 Å². The third kappa shape index (κ3) is 5.55. The number of ether oxygens (including phenoxy) is 2. The van der Waals surface area contributed by atoms with Gasteiger partial charge in [0.15, 0.2) is 16.7 Å². The zero-order chi connectivity index (χ0) is 23.2. The Balaban J connectivity index is 1.61. The molecule has 7 nitrogen and oxygen atoms in total. The van der Waals surface area contributed by atoms with Crippen molar-refractivity contribution in [1.82, 2.24) is 4.90 Å². The lowest BCUT2D eigenvalue weighted by Crippen LogP contribution is -2.28. The molecule has 0 N–H and O–H groups in total. The van der Waals surface area contributed by atoms with Crippen molar-refractivity contribution >= 4 is 51.1 Å². The number of hydrogen-bond donors (Lipinski definition) is 0. The average molecular weight is 526 g/mol. The first kappa shape index (κ1) is 22.9. The lowest BCUT2D eigenvalue weighted by atomic mass is 10.2. The monoisotopic (exact) mass is 525 g/mol. The number of amidine groups is 1. The van der Waals surface area contributed by atoms with E-state index in [0.717, 1.165) is 15.6 Å². The van der Waals surface area contributed by atoms with Crippen molar-refractivity contribution in [2.24, 2.45) is 10.2 Å². The fourth-order valence-electron chi connectivity index (χ4n) is 3.11. The van der Waals surface area contributed by atoms with Gasteiger partial charge >= 0.3 is 0 Å². The standard InChI is InChI=1S/C24H20BrN3O4S/c1-30-20-9-8-17(12-21(20)31-2)14-26-27-24-28(15-19-7-4-10-32-19)23(29)22(33-24)13-16-5-3-6-18(25)11-16/h3-14H,15H2,1-2H3/b22-13-,26-14-,27-24+. The molecular weight excluding hydrogens is 506 g/mol. The molecule has 0 aliphatic carbocycles. The van der Waals surface area contributed by atoms with Crippen LogP contribution in [0.4, 0.5) is 0 Å². The van der Waals surface area contributed by atoms with Gasteiger partial charge in [-0.2, -0.15) is 5.10 Å². The van der Waals surface area contributed by atoms with Gasteiger partial charge in [0, 0.05) is 4.47 Å². The van der Waals surface area contributed by atoms with Crippen molar-refractivity contribution in [1.29, 1.82) is 0 Å². The molecule has 0 bridgehead atoms. The van der Waals surface area contributed by atoms with Gasteiger partial charge in [0.05, 0.1) is 38.1 Å². The fourth-order valence-corrected chi connectivity index (χ4v) is 4.46. The molecule has 0 spiro atoms. The molecule has 2 aromatic carbocycles. The summed E-state index contributed by atoms with van der Waals surface area (Å²) in [4.78, 5) is 15.2. The van der Waals surface area contributed by atoms with Gasteiger partial charge in [-0.25, -0.2) is 0 Å². The van der Waals surface area contributed by atoms with Crippen molar-refractivity contribution in [2.45, 2.75) is 6.54 Å². The molecule has 1 aliphatic heterocycles. The fraction of sp³-hybridized carbons (Fsp3) is 0.125. The summed E-state index contributed by atoms with van der Waals surface area (Å²) in [5.41, 5.74) is 1.70. The number of furan rings is 1. The molecular formula is C24H20BrN3O4S. The topological polar surface area (TPSA) is 76.6 Å². The Hall–Kier alpha value is -3.30. The second-order valence-corrected chi connectivity index (χ2v) is 8.80. The zero-order valence-corrected chi connectivity index (χ0v) is 20.3. The van der Waals surface area contributed by atoms with Gasteiger partial charge in [-0.1, -0.05) is 28.1 Å². The van der Waals surface area contributed by atoms with E-state index in [1.165, 1.54) is 11.8 Å². The zero-order valence-electron chi connectivity index (χ0n) is 17.9. The van der Waals surface area contributed by atoms with E-state index < -0.39 is 0 Å². The number of hydrogen-bond acceptors (Lipinski definition) is 7. The lowest BCUT2D eigenvalue weighted by Gasteiger charge is -2.12. The van der Waals surface area contributed by atoms with Crippen LogP contribution in [0, 0.1) is 0 Å². The Bertz CT molecular complexity index is 1240. The predicted octanol–water partition coefficient (Wildman–Crippen LogP) is 5.57. The van der Waals surface area contributed by atoms with Gasteiger partial charge in [0.2, 0.25) is 0 Å². The number of thioether (sulfide) groups is 1. The summed E-state index contributed by atoms with van der Waals surface area (Å²) in [5, 5.41) is 9.01. The van der Waals surface area contributed by atoms with Crippen LogP contribution >= 0.6 is 27.7 Å². The van der Waals surface area contributed by atoms with E-state index in [2.05, 4.69) is 26.1 Å². The van der Waals surface area contributed by atoms with Crippen molar-refractivity contribution < 1.29 is 18.7 Å². The minimum Gasteiger partial charge on any atom is -0.493 e. The summed E-state index contributed by atoms with van der Waals surface area (Å²) in [5.74, 6) is 1.73. The Kier molecular flexibility index (Phi) is 7.31.